The molecule has 0 saturated heterocycles. The van der Waals surface area contributed by atoms with Crippen molar-refractivity contribution in [2.45, 2.75) is 0 Å². The van der Waals surface area contributed by atoms with Crippen molar-refractivity contribution in [3.63, 3.8) is 0 Å². The molecule has 0 aliphatic rings. The molecule has 1 heterocycles. The van der Waals surface area contributed by atoms with Gasteiger partial charge >= 0.3 is 6.03 Å². The van der Waals surface area contributed by atoms with Crippen LogP contribution >= 0.6 is 23.2 Å². The van der Waals surface area contributed by atoms with E-state index >= 15 is 0 Å². The number of amides is 2. The molecule has 6 heteroatoms. The lowest BCUT2D eigenvalue weighted by Crippen LogP contribution is -2.19. The number of urea groups is 1. The highest BCUT2D eigenvalue weighted by atomic mass is 35.5. The number of carbonyl (C=O) groups is 1. The maximum atomic E-state index is 12.0. The number of aromatic nitrogens is 1. The molecule has 0 saturated carbocycles. The molecule has 2 N–H and O–H groups in total. The minimum Gasteiger partial charge on any atom is -0.308 e. The van der Waals surface area contributed by atoms with E-state index < -0.39 is 0 Å². The summed E-state index contributed by atoms with van der Waals surface area (Å²) in [7, 11) is 0. The van der Waals surface area contributed by atoms with Crippen molar-refractivity contribution in [3.05, 3.63) is 77.0 Å². The largest absolute Gasteiger partial charge is 0.323 e. The second-order valence-electron chi connectivity index (χ2n) is 5.03. The number of benzene rings is 2. The van der Waals surface area contributed by atoms with Crippen LogP contribution in [0, 0.1) is 0 Å². The van der Waals surface area contributed by atoms with Crippen LogP contribution in [0.3, 0.4) is 0 Å². The Kier molecular flexibility index (Phi) is 4.99. The first-order valence-corrected chi connectivity index (χ1v) is 7.91. The Morgan fingerprint density at radius 3 is 2.21 bits per heavy atom. The molecule has 4 nitrogen and oxygen atoms in total. The van der Waals surface area contributed by atoms with Crippen molar-refractivity contribution in [1.82, 2.24) is 4.98 Å². The minimum atomic E-state index is -0.359. The summed E-state index contributed by atoms with van der Waals surface area (Å²) in [5, 5.41) is 6.29. The highest BCUT2D eigenvalue weighted by Gasteiger charge is 2.05. The molecule has 0 atom stereocenters. The molecule has 0 radical (unpaired) electrons. The van der Waals surface area contributed by atoms with Gasteiger partial charge in [-0.15, -0.1) is 0 Å². The van der Waals surface area contributed by atoms with Gasteiger partial charge in [-0.1, -0.05) is 41.4 Å². The molecule has 24 heavy (non-hydrogen) atoms. The number of nitrogens with zero attached hydrogens (tertiary/aromatic N) is 1. The highest BCUT2D eigenvalue weighted by molar-refractivity contribution is 6.42. The lowest BCUT2D eigenvalue weighted by atomic mass is 10.1. The van der Waals surface area contributed by atoms with E-state index in [1.54, 1.807) is 30.6 Å². The van der Waals surface area contributed by atoms with Gasteiger partial charge in [-0.3, -0.25) is 4.98 Å². The summed E-state index contributed by atoms with van der Waals surface area (Å²) in [6.07, 6.45) is 3.52. The minimum absolute atomic E-state index is 0.359. The smallest absolute Gasteiger partial charge is 0.308 e. The topological polar surface area (TPSA) is 54.0 Å². The number of hydrogen-bond donors (Lipinski definition) is 2. The molecule has 0 spiro atoms. The lowest BCUT2D eigenvalue weighted by molar-refractivity contribution is 0.262. The van der Waals surface area contributed by atoms with Crippen LogP contribution in [-0.4, -0.2) is 11.0 Å². The zero-order valence-electron chi connectivity index (χ0n) is 12.5. The first-order chi connectivity index (χ1) is 11.6. The van der Waals surface area contributed by atoms with Gasteiger partial charge in [-0.05, 0) is 47.5 Å². The van der Waals surface area contributed by atoms with E-state index in [1.165, 1.54) is 0 Å². The van der Waals surface area contributed by atoms with Crippen molar-refractivity contribution in [1.29, 1.82) is 0 Å². The molecular weight excluding hydrogens is 345 g/mol. The maximum Gasteiger partial charge on any atom is 0.323 e. The summed E-state index contributed by atoms with van der Waals surface area (Å²) in [5.41, 5.74) is 3.29. The van der Waals surface area contributed by atoms with E-state index in [9.17, 15) is 4.79 Å². The zero-order valence-corrected chi connectivity index (χ0v) is 14.0. The number of pyridine rings is 1. The van der Waals surface area contributed by atoms with Crippen LogP contribution in [0.4, 0.5) is 16.2 Å². The number of anilines is 2. The van der Waals surface area contributed by atoms with Crippen LogP contribution in [0.1, 0.15) is 0 Å². The number of carbonyl (C=O) groups excluding carboxylic acids is 1. The van der Waals surface area contributed by atoms with E-state index in [4.69, 9.17) is 23.2 Å². The van der Waals surface area contributed by atoms with E-state index in [1.807, 2.05) is 36.4 Å². The summed E-state index contributed by atoms with van der Waals surface area (Å²) in [4.78, 5) is 16.1. The molecule has 0 aliphatic carbocycles. The quantitative estimate of drug-likeness (QED) is 0.631. The first kappa shape index (κ1) is 16.3. The molecule has 0 unspecified atom stereocenters. The SMILES string of the molecule is O=C(Nc1ccc(-c2cccnc2)cc1)Nc1ccc(Cl)c(Cl)c1. The van der Waals surface area contributed by atoms with Crippen LogP contribution in [0.5, 0.6) is 0 Å². The van der Waals surface area contributed by atoms with Gasteiger partial charge < -0.3 is 10.6 Å². The maximum absolute atomic E-state index is 12.0. The second-order valence-corrected chi connectivity index (χ2v) is 5.84. The summed E-state index contributed by atoms with van der Waals surface area (Å²) >= 11 is 11.8. The van der Waals surface area contributed by atoms with Gasteiger partial charge in [0.2, 0.25) is 0 Å². The molecule has 2 amide bonds. The molecule has 0 fully saturated rings. The Balaban J connectivity index is 1.65. The van der Waals surface area contributed by atoms with Crippen molar-refractivity contribution in [2.75, 3.05) is 10.6 Å². The third kappa shape index (κ3) is 4.04. The van der Waals surface area contributed by atoms with Crippen LogP contribution in [0.15, 0.2) is 67.0 Å². The van der Waals surface area contributed by atoms with E-state index in [-0.39, 0.29) is 6.03 Å². The van der Waals surface area contributed by atoms with Crippen LogP contribution in [0.25, 0.3) is 11.1 Å². The molecule has 3 aromatic rings. The Morgan fingerprint density at radius 2 is 1.54 bits per heavy atom. The normalized spacial score (nSPS) is 10.2. The monoisotopic (exact) mass is 357 g/mol. The van der Waals surface area contributed by atoms with Gasteiger partial charge in [0, 0.05) is 23.8 Å². The Morgan fingerprint density at radius 1 is 0.833 bits per heavy atom. The predicted molar refractivity (Wildman–Crippen MR) is 98.8 cm³/mol. The lowest BCUT2D eigenvalue weighted by Gasteiger charge is -2.09. The molecule has 3 rings (SSSR count). The van der Waals surface area contributed by atoms with E-state index in [0.717, 1.165) is 11.1 Å². The van der Waals surface area contributed by atoms with E-state index in [2.05, 4.69) is 15.6 Å². The summed E-state index contributed by atoms with van der Waals surface area (Å²) in [6, 6.07) is 15.9. The van der Waals surface area contributed by atoms with Crippen molar-refractivity contribution in [2.24, 2.45) is 0 Å². The van der Waals surface area contributed by atoms with Crippen LogP contribution < -0.4 is 10.6 Å². The van der Waals surface area contributed by atoms with Gasteiger partial charge in [0.05, 0.1) is 10.0 Å². The average molecular weight is 358 g/mol. The van der Waals surface area contributed by atoms with Crippen molar-refractivity contribution >= 4 is 40.6 Å². The number of hydrogen-bond acceptors (Lipinski definition) is 2. The molecule has 1 aromatic heterocycles. The van der Waals surface area contributed by atoms with Gasteiger partial charge in [-0.25, -0.2) is 4.79 Å². The molecule has 0 aliphatic heterocycles. The van der Waals surface area contributed by atoms with Crippen molar-refractivity contribution in [3.8, 4) is 11.1 Å². The summed E-state index contributed by atoms with van der Waals surface area (Å²) < 4.78 is 0. The van der Waals surface area contributed by atoms with Gasteiger partial charge in [-0.2, -0.15) is 0 Å². The van der Waals surface area contributed by atoms with Crippen molar-refractivity contribution < 1.29 is 4.79 Å². The standard InChI is InChI=1S/C18H13Cl2N3O/c19-16-8-7-15(10-17(16)20)23-18(24)22-14-5-3-12(4-6-14)13-2-1-9-21-11-13/h1-11H,(H2,22,23,24). The van der Waals surface area contributed by atoms with Gasteiger partial charge in [0.15, 0.2) is 0 Å². The fraction of sp³-hybridized carbons (Fsp3) is 0. The second kappa shape index (κ2) is 7.34. The number of rotatable bonds is 3. The Bertz CT molecular complexity index is 852. The fourth-order valence-corrected chi connectivity index (χ4v) is 2.44. The number of nitrogens with one attached hydrogen (secondary N) is 2. The predicted octanol–water partition coefficient (Wildman–Crippen LogP) is 5.70. The fourth-order valence-electron chi connectivity index (χ4n) is 2.15. The first-order valence-electron chi connectivity index (χ1n) is 7.15. The third-order valence-electron chi connectivity index (χ3n) is 3.32. The molecule has 0 bridgehead atoms. The summed E-state index contributed by atoms with van der Waals surface area (Å²) in [5.74, 6) is 0. The van der Waals surface area contributed by atoms with Gasteiger partial charge in [0.1, 0.15) is 0 Å². The van der Waals surface area contributed by atoms with Gasteiger partial charge in [0.25, 0.3) is 0 Å². The summed E-state index contributed by atoms with van der Waals surface area (Å²) in [6.45, 7) is 0. The molecule has 2 aromatic carbocycles. The Hall–Kier alpha value is -2.56. The van der Waals surface area contributed by atoms with Crippen LogP contribution in [0.2, 0.25) is 10.0 Å². The van der Waals surface area contributed by atoms with Crippen LogP contribution in [-0.2, 0) is 0 Å². The average Bonchev–Trinajstić information content (AvgIpc) is 2.59. The third-order valence-corrected chi connectivity index (χ3v) is 4.05. The molecule has 120 valence electrons. The molecular formula is C18H13Cl2N3O. The Labute approximate surface area is 149 Å². The van der Waals surface area contributed by atoms with E-state index in [0.29, 0.717) is 21.4 Å². The highest BCUT2D eigenvalue weighted by Crippen LogP contribution is 2.25. The zero-order chi connectivity index (χ0) is 16.9. The number of halogens is 2.